The molecule has 2 aromatic carbocycles. The van der Waals surface area contributed by atoms with Crippen LogP contribution in [0.25, 0.3) is 0 Å². The highest BCUT2D eigenvalue weighted by Crippen LogP contribution is 2.33. The number of methoxy groups -OCH3 is 1. The minimum Gasteiger partial charge on any atom is -0.495 e. The van der Waals surface area contributed by atoms with E-state index in [1.54, 1.807) is 43.2 Å². The van der Waals surface area contributed by atoms with Gasteiger partial charge in [0.25, 0.3) is 5.91 Å². The molecule has 0 aliphatic carbocycles. The van der Waals surface area contributed by atoms with E-state index in [0.717, 1.165) is 12.8 Å². The topological polar surface area (TPSA) is 67.9 Å². The number of nitrogens with zero attached hydrogens (tertiary/aromatic N) is 1. The summed E-state index contributed by atoms with van der Waals surface area (Å²) in [5.41, 5.74) is 1.15. The maximum atomic E-state index is 13.3. The van der Waals surface area contributed by atoms with Crippen LogP contribution in [-0.2, 0) is 9.59 Å². The van der Waals surface area contributed by atoms with Crippen molar-refractivity contribution in [1.82, 2.24) is 0 Å². The van der Waals surface area contributed by atoms with Gasteiger partial charge in [-0.05, 0) is 50.1 Å². The van der Waals surface area contributed by atoms with Crippen LogP contribution in [0, 0.1) is 5.82 Å². The molecule has 0 radical (unpaired) electrons. The van der Waals surface area contributed by atoms with Gasteiger partial charge in [0, 0.05) is 24.7 Å². The number of amides is 2. The van der Waals surface area contributed by atoms with Crippen LogP contribution in [0.4, 0.5) is 15.8 Å². The number of benzene rings is 2. The van der Waals surface area contributed by atoms with Crippen molar-refractivity contribution in [2.45, 2.75) is 32.3 Å². The van der Waals surface area contributed by atoms with E-state index in [-0.39, 0.29) is 17.6 Å². The van der Waals surface area contributed by atoms with E-state index in [2.05, 4.69) is 5.32 Å². The maximum Gasteiger partial charge on any atom is 0.265 e. The third-order valence-corrected chi connectivity index (χ3v) is 4.54. The molecule has 3 rings (SSSR count). The minimum atomic E-state index is -0.830. The fourth-order valence-corrected chi connectivity index (χ4v) is 3.08. The lowest BCUT2D eigenvalue weighted by molar-refractivity contribution is -0.122. The fourth-order valence-electron chi connectivity index (χ4n) is 3.08. The summed E-state index contributed by atoms with van der Waals surface area (Å²) in [4.78, 5) is 26.4. The molecule has 1 aliphatic rings. The Morgan fingerprint density at radius 1 is 1.21 bits per heavy atom. The number of piperidine rings is 1. The molecular weight excluding hydrogens is 363 g/mol. The summed E-state index contributed by atoms with van der Waals surface area (Å²) < 4.78 is 24.1. The van der Waals surface area contributed by atoms with Gasteiger partial charge in [-0.15, -0.1) is 0 Å². The molecule has 0 spiro atoms. The molecule has 1 atom stereocenters. The van der Waals surface area contributed by atoms with Crippen LogP contribution in [0.3, 0.4) is 0 Å². The quantitative estimate of drug-likeness (QED) is 0.821. The highest BCUT2D eigenvalue weighted by Gasteiger charge is 2.23. The zero-order valence-electron chi connectivity index (χ0n) is 15.9. The van der Waals surface area contributed by atoms with E-state index < -0.39 is 11.9 Å². The molecule has 0 saturated carbocycles. The molecule has 1 fully saturated rings. The number of anilines is 2. The van der Waals surface area contributed by atoms with Crippen molar-refractivity contribution >= 4 is 23.2 Å². The zero-order valence-corrected chi connectivity index (χ0v) is 15.9. The van der Waals surface area contributed by atoms with E-state index in [0.29, 0.717) is 30.1 Å². The van der Waals surface area contributed by atoms with Gasteiger partial charge in [-0.3, -0.25) is 9.59 Å². The van der Waals surface area contributed by atoms with E-state index in [4.69, 9.17) is 9.47 Å². The van der Waals surface area contributed by atoms with E-state index in [1.807, 2.05) is 0 Å². The Hall–Kier alpha value is -3.09. The number of ether oxygens (including phenoxy) is 2. The number of nitrogens with one attached hydrogen (secondary N) is 1. The van der Waals surface area contributed by atoms with E-state index in [9.17, 15) is 14.0 Å². The molecule has 28 heavy (non-hydrogen) atoms. The third kappa shape index (κ3) is 4.60. The molecule has 1 unspecified atom stereocenters. The van der Waals surface area contributed by atoms with Gasteiger partial charge in [0.15, 0.2) is 6.10 Å². The molecule has 2 aromatic rings. The largest absolute Gasteiger partial charge is 0.495 e. The van der Waals surface area contributed by atoms with Crippen molar-refractivity contribution in [2.75, 3.05) is 23.9 Å². The number of carbonyl (C=O) groups is 2. The molecule has 1 heterocycles. The number of carbonyl (C=O) groups excluding carboxylic acids is 2. The van der Waals surface area contributed by atoms with Crippen molar-refractivity contribution in [3.8, 4) is 11.5 Å². The monoisotopic (exact) mass is 386 g/mol. The van der Waals surface area contributed by atoms with Gasteiger partial charge >= 0.3 is 0 Å². The highest BCUT2D eigenvalue weighted by molar-refractivity contribution is 5.98. The second-order valence-corrected chi connectivity index (χ2v) is 6.60. The predicted molar refractivity (Wildman–Crippen MR) is 104 cm³/mol. The molecule has 1 N–H and O–H groups in total. The number of hydrogen-bond donors (Lipinski definition) is 1. The fraction of sp³-hybridized carbons (Fsp3) is 0.333. The standard InChI is InChI=1S/C21H23FN2O4/c1-14(28-17-7-5-6-15(22)12-17)21(26)23-16-9-10-19(27-2)18(13-16)24-11-4-3-8-20(24)25/h5-7,9-10,12-14H,3-4,8,11H2,1-2H3,(H,23,26). The summed E-state index contributed by atoms with van der Waals surface area (Å²) in [5.74, 6) is 0.0616. The lowest BCUT2D eigenvalue weighted by Gasteiger charge is -2.28. The Kier molecular flexibility index (Phi) is 6.13. The molecule has 6 nitrogen and oxygen atoms in total. The first-order chi connectivity index (χ1) is 13.5. The van der Waals surface area contributed by atoms with Crippen molar-refractivity contribution in [2.24, 2.45) is 0 Å². The van der Waals surface area contributed by atoms with Gasteiger partial charge in [-0.25, -0.2) is 4.39 Å². The van der Waals surface area contributed by atoms with Crippen LogP contribution < -0.4 is 19.7 Å². The molecule has 148 valence electrons. The second-order valence-electron chi connectivity index (χ2n) is 6.60. The summed E-state index contributed by atoms with van der Waals surface area (Å²) in [5, 5.41) is 2.77. The first kappa shape index (κ1) is 19.7. The maximum absolute atomic E-state index is 13.3. The van der Waals surface area contributed by atoms with E-state index >= 15 is 0 Å². The predicted octanol–water partition coefficient (Wildman–Crippen LogP) is 3.76. The Labute approximate surface area is 163 Å². The Morgan fingerprint density at radius 2 is 2.04 bits per heavy atom. The minimum absolute atomic E-state index is 0.0378. The van der Waals surface area contributed by atoms with Crippen molar-refractivity contribution in [1.29, 1.82) is 0 Å². The third-order valence-electron chi connectivity index (χ3n) is 4.54. The van der Waals surface area contributed by atoms with Crippen molar-refractivity contribution in [3.05, 3.63) is 48.3 Å². The van der Waals surface area contributed by atoms with Crippen LogP contribution >= 0.6 is 0 Å². The van der Waals surface area contributed by atoms with E-state index in [1.165, 1.54) is 18.2 Å². The van der Waals surface area contributed by atoms with Gasteiger partial charge in [-0.2, -0.15) is 0 Å². The molecule has 2 amide bonds. The smallest absolute Gasteiger partial charge is 0.265 e. The van der Waals surface area contributed by atoms with Crippen LogP contribution in [-0.4, -0.2) is 31.6 Å². The molecule has 1 aliphatic heterocycles. The van der Waals surface area contributed by atoms with Crippen LogP contribution in [0.2, 0.25) is 0 Å². The molecule has 0 bridgehead atoms. The average Bonchev–Trinajstić information content (AvgIpc) is 2.68. The van der Waals surface area contributed by atoms with Crippen LogP contribution in [0.5, 0.6) is 11.5 Å². The highest BCUT2D eigenvalue weighted by atomic mass is 19.1. The molecule has 7 heteroatoms. The normalized spacial score (nSPS) is 15.1. The Balaban J connectivity index is 1.73. The van der Waals surface area contributed by atoms with Crippen molar-refractivity contribution in [3.63, 3.8) is 0 Å². The summed E-state index contributed by atoms with van der Waals surface area (Å²) in [6.07, 6.45) is 1.47. The average molecular weight is 386 g/mol. The summed E-state index contributed by atoms with van der Waals surface area (Å²) in [7, 11) is 1.54. The summed E-state index contributed by atoms with van der Waals surface area (Å²) >= 11 is 0. The van der Waals surface area contributed by atoms with Gasteiger partial charge in [0.1, 0.15) is 17.3 Å². The van der Waals surface area contributed by atoms with Gasteiger partial charge in [-0.1, -0.05) is 6.07 Å². The first-order valence-electron chi connectivity index (χ1n) is 9.19. The SMILES string of the molecule is COc1ccc(NC(=O)C(C)Oc2cccc(F)c2)cc1N1CCCCC1=O. The second kappa shape index (κ2) is 8.73. The Morgan fingerprint density at radius 3 is 2.75 bits per heavy atom. The first-order valence-corrected chi connectivity index (χ1v) is 9.19. The van der Waals surface area contributed by atoms with Gasteiger partial charge < -0.3 is 19.7 Å². The van der Waals surface area contributed by atoms with Gasteiger partial charge in [0.05, 0.1) is 12.8 Å². The van der Waals surface area contributed by atoms with Crippen LogP contribution in [0.1, 0.15) is 26.2 Å². The zero-order chi connectivity index (χ0) is 20.1. The van der Waals surface area contributed by atoms with Crippen LogP contribution in [0.15, 0.2) is 42.5 Å². The molecular formula is C21H23FN2O4. The summed E-state index contributed by atoms with van der Waals surface area (Å²) in [6, 6.07) is 10.7. The lowest BCUT2D eigenvalue weighted by Crippen LogP contribution is -2.35. The number of hydrogen-bond acceptors (Lipinski definition) is 4. The molecule has 0 aromatic heterocycles. The van der Waals surface area contributed by atoms with Crippen molar-refractivity contribution < 1.29 is 23.5 Å². The lowest BCUT2D eigenvalue weighted by atomic mass is 10.1. The Bertz CT molecular complexity index is 871. The van der Waals surface area contributed by atoms with Gasteiger partial charge in [0.2, 0.25) is 5.91 Å². The number of halogens is 1. The number of rotatable bonds is 6. The summed E-state index contributed by atoms with van der Waals surface area (Å²) in [6.45, 7) is 2.20. The molecule has 1 saturated heterocycles.